The number of carboxylic acids is 1. The van der Waals surface area contributed by atoms with Gasteiger partial charge in [0.1, 0.15) is 5.82 Å². The quantitative estimate of drug-likeness (QED) is 0.807. The third-order valence-electron chi connectivity index (χ3n) is 2.53. The lowest BCUT2D eigenvalue weighted by molar-refractivity contribution is 0.0696. The number of benzene rings is 1. The summed E-state index contributed by atoms with van der Waals surface area (Å²) in [5, 5.41) is 8.82. The van der Waals surface area contributed by atoms with E-state index in [-0.39, 0.29) is 5.56 Å². The van der Waals surface area contributed by atoms with Crippen molar-refractivity contribution in [2.45, 2.75) is 24.8 Å². The number of hydrogen-bond donors (Lipinski definition) is 2. The molecule has 0 heterocycles. The zero-order valence-electron chi connectivity index (χ0n) is 10.5. The molecule has 0 bridgehead atoms. The molecule has 1 aromatic rings. The fourth-order valence-electron chi connectivity index (χ4n) is 1.41. The van der Waals surface area contributed by atoms with Crippen LogP contribution >= 0.6 is 0 Å². The van der Waals surface area contributed by atoms with Crippen LogP contribution in [0.25, 0.3) is 0 Å². The Morgan fingerprint density at radius 1 is 1.53 bits per heavy atom. The Labute approximate surface area is 110 Å². The van der Waals surface area contributed by atoms with Gasteiger partial charge in [-0.05, 0) is 26.0 Å². The summed E-state index contributed by atoms with van der Waals surface area (Å²) in [5.41, 5.74) is -0.552. The van der Waals surface area contributed by atoms with Crippen molar-refractivity contribution in [1.82, 2.24) is 4.72 Å². The van der Waals surface area contributed by atoms with Crippen LogP contribution in [0.1, 0.15) is 22.8 Å². The van der Waals surface area contributed by atoms with Crippen LogP contribution in [0, 0.1) is 12.7 Å². The average molecular weight is 287 g/mol. The first-order chi connectivity index (χ1) is 8.69. The predicted molar refractivity (Wildman–Crippen MR) is 68.1 cm³/mol. The maximum absolute atomic E-state index is 13.6. The van der Waals surface area contributed by atoms with Crippen LogP contribution in [0.5, 0.6) is 0 Å². The van der Waals surface area contributed by atoms with Crippen LogP contribution in [0.15, 0.2) is 29.7 Å². The predicted octanol–water partition coefficient (Wildman–Crippen LogP) is 1.69. The van der Waals surface area contributed by atoms with Crippen molar-refractivity contribution in [1.29, 1.82) is 0 Å². The summed E-state index contributed by atoms with van der Waals surface area (Å²) in [6.45, 7) is 6.25. The minimum Gasteiger partial charge on any atom is -0.478 e. The Morgan fingerprint density at radius 2 is 2.11 bits per heavy atom. The van der Waals surface area contributed by atoms with Crippen LogP contribution in [0.2, 0.25) is 0 Å². The molecule has 0 aliphatic heterocycles. The largest absolute Gasteiger partial charge is 0.478 e. The van der Waals surface area contributed by atoms with Gasteiger partial charge in [-0.25, -0.2) is 22.3 Å². The average Bonchev–Trinajstić information content (AvgIpc) is 2.31. The highest BCUT2D eigenvalue weighted by atomic mass is 32.2. The fraction of sp³-hybridized carbons (Fsp3) is 0.250. The number of hydrogen-bond acceptors (Lipinski definition) is 3. The van der Waals surface area contributed by atoms with Gasteiger partial charge in [0, 0.05) is 11.6 Å². The van der Waals surface area contributed by atoms with Gasteiger partial charge in [-0.15, -0.1) is 6.58 Å². The molecular weight excluding hydrogens is 273 g/mol. The number of sulfonamides is 1. The number of nitrogens with one attached hydrogen (secondary N) is 1. The van der Waals surface area contributed by atoms with Crippen LogP contribution in [0.3, 0.4) is 0 Å². The summed E-state index contributed by atoms with van der Waals surface area (Å²) < 4.78 is 39.9. The van der Waals surface area contributed by atoms with Gasteiger partial charge in [0.25, 0.3) is 0 Å². The number of carboxylic acid groups (broad SMARTS) is 1. The van der Waals surface area contributed by atoms with Crippen molar-refractivity contribution < 1.29 is 22.7 Å². The smallest absolute Gasteiger partial charge is 0.335 e. The topological polar surface area (TPSA) is 83.5 Å². The van der Waals surface area contributed by atoms with E-state index in [4.69, 9.17) is 5.11 Å². The van der Waals surface area contributed by atoms with Gasteiger partial charge in [-0.2, -0.15) is 0 Å². The Bertz CT molecular complexity index is 625. The number of carbonyl (C=O) groups is 1. The third-order valence-corrected chi connectivity index (χ3v) is 4.21. The van der Waals surface area contributed by atoms with Gasteiger partial charge in [0.2, 0.25) is 10.0 Å². The molecule has 1 atom stereocenters. The minimum atomic E-state index is -4.01. The first-order valence-corrected chi connectivity index (χ1v) is 6.85. The second-order valence-electron chi connectivity index (χ2n) is 4.03. The molecule has 0 aliphatic carbocycles. The number of aromatic carboxylic acids is 1. The van der Waals surface area contributed by atoms with E-state index in [1.54, 1.807) is 6.92 Å². The molecule has 0 aromatic heterocycles. The molecule has 2 N–H and O–H groups in total. The lowest BCUT2D eigenvalue weighted by Gasteiger charge is -2.13. The van der Waals surface area contributed by atoms with Gasteiger partial charge < -0.3 is 5.11 Å². The molecule has 1 rings (SSSR count). The summed E-state index contributed by atoms with van der Waals surface area (Å²) >= 11 is 0. The van der Waals surface area contributed by atoms with E-state index in [1.165, 1.54) is 13.0 Å². The maximum atomic E-state index is 13.6. The molecule has 0 saturated carbocycles. The zero-order chi connectivity index (χ0) is 14.8. The molecule has 0 fully saturated rings. The lowest BCUT2D eigenvalue weighted by atomic mass is 10.1. The molecule has 0 radical (unpaired) electrons. The Hall–Kier alpha value is -1.73. The van der Waals surface area contributed by atoms with Crippen molar-refractivity contribution in [3.63, 3.8) is 0 Å². The van der Waals surface area contributed by atoms with Crippen LogP contribution in [0.4, 0.5) is 4.39 Å². The molecule has 1 unspecified atom stereocenters. The van der Waals surface area contributed by atoms with Gasteiger partial charge >= 0.3 is 5.97 Å². The van der Waals surface area contributed by atoms with Crippen molar-refractivity contribution >= 4 is 16.0 Å². The molecule has 7 heteroatoms. The van der Waals surface area contributed by atoms with Crippen LogP contribution < -0.4 is 4.72 Å². The third kappa shape index (κ3) is 3.39. The van der Waals surface area contributed by atoms with Gasteiger partial charge in [0.05, 0.1) is 10.5 Å². The highest BCUT2D eigenvalue weighted by molar-refractivity contribution is 7.89. The van der Waals surface area contributed by atoms with E-state index in [0.717, 1.165) is 12.1 Å². The van der Waals surface area contributed by atoms with Crippen molar-refractivity contribution in [3.8, 4) is 0 Å². The van der Waals surface area contributed by atoms with Crippen molar-refractivity contribution in [2.24, 2.45) is 0 Å². The number of halogens is 1. The fourth-order valence-corrected chi connectivity index (χ4v) is 2.91. The van der Waals surface area contributed by atoms with E-state index < -0.39 is 38.3 Å². The Kier molecular flexibility index (Phi) is 4.43. The van der Waals surface area contributed by atoms with Gasteiger partial charge in [-0.1, -0.05) is 6.08 Å². The summed E-state index contributed by atoms with van der Waals surface area (Å²) in [6, 6.07) is 1.16. The summed E-state index contributed by atoms with van der Waals surface area (Å²) in [4.78, 5) is 10.4. The van der Waals surface area contributed by atoms with Gasteiger partial charge in [-0.3, -0.25) is 0 Å². The summed E-state index contributed by atoms with van der Waals surface area (Å²) in [6.07, 6.45) is 1.37. The molecule has 1 aromatic carbocycles. The molecule has 5 nitrogen and oxygen atoms in total. The highest BCUT2D eigenvalue weighted by Crippen LogP contribution is 2.21. The first-order valence-electron chi connectivity index (χ1n) is 5.37. The molecule has 19 heavy (non-hydrogen) atoms. The SMILES string of the molecule is C=CC(C)NS(=O)(=O)c1cc(C(=O)O)cc(F)c1C. The second-order valence-corrected chi connectivity index (χ2v) is 5.71. The minimum absolute atomic E-state index is 0.131. The van der Waals surface area contributed by atoms with Crippen molar-refractivity contribution in [2.75, 3.05) is 0 Å². The van der Waals surface area contributed by atoms with E-state index in [1.807, 2.05) is 0 Å². The Morgan fingerprint density at radius 3 is 2.58 bits per heavy atom. The zero-order valence-corrected chi connectivity index (χ0v) is 11.3. The normalized spacial score (nSPS) is 13.0. The lowest BCUT2D eigenvalue weighted by Crippen LogP contribution is -2.31. The first kappa shape index (κ1) is 15.3. The van der Waals surface area contributed by atoms with E-state index >= 15 is 0 Å². The van der Waals surface area contributed by atoms with Crippen LogP contribution in [-0.2, 0) is 10.0 Å². The highest BCUT2D eigenvalue weighted by Gasteiger charge is 2.22. The van der Waals surface area contributed by atoms with Crippen LogP contribution in [-0.4, -0.2) is 25.5 Å². The van der Waals surface area contributed by atoms with E-state index in [2.05, 4.69) is 11.3 Å². The second kappa shape index (κ2) is 5.50. The summed E-state index contributed by atoms with van der Waals surface area (Å²) in [5.74, 6) is -2.28. The standard InChI is InChI=1S/C12H14FNO4S/c1-4-7(2)14-19(17,18)11-6-9(12(15)16)5-10(13)8(11)3/h4-7,14H,1H2,2-3H3,(H,15,16). The monoisotopic (exact) mass is 287 g/mol. The van der Waals surface area contributed by atoms with Gasteiger partial charge in [0.15, 0.2) is 0 Å². The summed E-state index contributed by atoms with van der Waals surface area (Å²) in [7, 11) is -4.01. The Balaban J connectivity index is 3.41. The molecule has 0 saturated heterocycles. The van der Waals surface area contributed by atoms with E-state index in [0.29, 0.717) is 0 Å². The van der Waals surface area contributed by atoms with E-state index in [9.17, 15) is 17.6 Å². The maximum Gasteiger partial charge on any atom is 0.335 e. The molecule has 0 amide bonds. The number of rotatable bonds is 5. The van der Waals surface area contributed by atoms with Crippen molar-refractivity contribution in [3.05, 3.63) is 41.7 Å². The molecule has 0 spiro atoms. The molecular formula is C12H14FNO4S. The molecule has 104 valence electrons. The molecule has 0 aliphatic rings.